The zero-order valence-electron chi connectivity index (χ0n) is 11.8. The molecule has 6 heteroatoms. The van der Waals surface area contributed by atoms with Crippen LogP contribution in [0.3, 0.4) is 0 Å². The van der Waals surface area contributed by atoms with E-state index in [-0.39, 0.29) is 25.1 Å². The van der Waals surface area contributed by atoms with Crippen LogP contribution in [0, 0.1) is 0 Å². The summed E-state index contributed by atoms with van der Waals surface area (Å²) in [5, 5.41) is 9.05. The van der Waals surface area contributed by atoms with Gasteiger partial charge in [-0.1, -0.05) is 0 Å². The monoisotopic (exact) mass is 269 g/mol. The minimum atomic E-state index is -0.142. The highest BCUT2D eigenvalue weighted by Crippen LogP contribution is 2.18. The van der Waals surface area contributed by atoms with Gasteiger partial charge in [0.1, 0.15) is 5.69 Å². The predicted octanol–water partition coefficient (Wildman–Crippen LogP) is 0.732. The van der Waals surface area contributed by atoms with E-state index in [4.69, 9.17) is 15.6 Å². The van der Waals surface area contributed by atoms with Crippen molar-refractivity contribution in [3.05, 3.63) is 18.0 Å². The van der Waals surface area contributed by atoms with Gasteiger partial charge in [-0.3, -0.25) is 4.79 Å². The molecule has 0 atom stereocenters. The van der Waals surface area contributed by atoms with Gasteiger partial charge < -0.3 is 25.0 Å². The van der Waals surface area contributed by atoms with Gasteiger partial charge in [-0.25, -0.2) is 0 Å². The standard InChI is InChI=1S/C13H23N3O3/c1-10(2)16-9-11(14)8-12(16)13(18)15(4-6-17)5-7-19-3/h8-10,17H,4-7,14H2,1-3H3. The van der Waals surface area contributed by atoms with E-state index in [2.05, 4.69) is 0 Å². The number of amides is 1. The van der Waals surface area contributed by atoms with Crippen molar-refractivity contribution in [2.45, 2.75) is 19.9 Å². The summed E-state index contributed by atoms with van der Waals surface area (Å²) < 4.78 is 6.82. The molecule has 0 aromatic carbocycles. The molecule has 0 radical (unpaired) electrons. The smallest absolute Gasteiger partial charge is 0.270 e. The maximum atomic E-state index is 12.5. The fraction of sp³-hybridized carbons (Fsp3) is 0.615. The molecule has 1 aromatic rings. The Morgan fingerprint density at radius 2 is 2.21 bits per heavy atom. The number of rotatable bonds is 7. The van der Waals surface area contributed by atoms with Crippen molar-refractivity contribution in [2.24, 2.45) is 0 Å². The van der Waals surface area contributed by atoms with Gasteiger partial charge in [0.25, 0.3) is 5.91 Å². The highest BCUT2D eigenvalue weighted by molar-refractivity contribution is 5.94. The molecule has 1 aromatic heterocycles. The highest BCUT2D eigenvalue weighted by atomic mass is 16.5. The molecule has 0 unspecified atom stereocenters. The van der Waals surface area contributed by atoms with Crippen LogP contribution in [0.5, 0.6) is 0 Å². The zero-order valence-corrected chi connectivity index (χ0v) is 11.8. The molecule has 0 saturated carbocycles. The Morgan fingerprint density at radius 3 is 2.74 bits per heavy atom. The van der Waals surface area contributed by atoms with Crippen molar-refractivity contribution in [3.8, 4) is 0 Å². The lowest BCUT2D eigenvalue weighted by molar-refractivity contribution is 0.0644. The molecular weight excluding hydrogens is 246 g/mol. The topological polar surface area (TPSA) is 80.7 Å². The Balaban J connectivity index is 2.95. The Kier molecular flexibility index (Phi) is 5.85. The molecule has 0 aliphatic carbocycles. The van der Waals surface area contributed by atoms with Crippen LogP contribution in [-0.2, 0) is 4.74 Å². The van der Waals surface area contributed by atoms with E-state index in [1.807, 2.05) is 18.4 Å². The third-order valence-corrected chi connectivity index (χ3v) is 2.87. The van der Waals surface area contributed by atoms with E-state index in [0.717, 1.165) is 0 Å². The maximum Gasteiger partial charge on any atom is 0.270 e. The Bertz CT molecular complexity index is 415. The summed E-state index contributed by atoms with van der Waals surface area (Å²) in [6.07, 6.45) is 1.76. The number of aliphatic hydroxyl groups is 1. The second-order valence-corrected chi connectivity index (χ2v) is 4.67. The first-order chi connectivity index (χ1) is 9.01. The Labute approximate surface area is 113 Å². The molecule has 1 rings (SSSR count). The minimum absolute atomic E-state index is 0.0761. The van der Waals surface area contributed by atoms with Crippen LogP contribution in [-0.4, -0.2) is 53.9 Å². The molecule has 1 amide bonds. The molecule has 1 heterocycles. The summed E-state index contributed by atoms with van der Waals surface area (Å²) in [6, 6.07) is 1.81. The van der Waals surface area contributed by atoms with Gasteiger partial charge >= 0.3 is 0 Å². The van der Waals surface area contributed by atoms with E-state index in [0.29, 0.717) is 24.5 Å². The number of methoxy groups -OCH3 is 1. The fourth-order valence-electron chi connectivity index (χ4n) is 1.90. The summed E-state index contributed by atoms with van der Waals surface area (Å²) in [6.45, 7) is 5.06. The lowest BCUT2D eigenvalue weighted by atomic mass is 10.3. The Morgan fingerprint density at radius 1 is 1.53 bits per heavy atom. The first-order valence-electron chi connectivity index (χ1n) is 6.37. The van der Waals surface area contributed by atoms with Crippen LogP contribution in [0.25, 0.3) is 0 Å². The van der Waals surface area contributed by atoms with Crippen LogP contribution >= 0.6 is 0 Å². The van der Waals surface area contributed by atoms with Gasteiger partial charge in [0.15, 0.2) is 0 Å². The molecular formula is C13H23N3O3. The molecule has 0 fully saturated rings. The minimum Gasteiger partial charge on any atom is -0.397 e. The van der Waals surface area contributed by atoms with Crippen LogP contribution in [0.1, 0.15) is 30.4 Å². The second-order valence-electron chi connectivity index (χ2n) is 4.67. The first-order valence-corrected chi connectivity index (χ1v) is 6.37. The average molecular weight is 269 g/mol. The number of hydrogen-bond donors (Lipinski definition) is 2. The van der Waals surface area contributed by atoms with Gasteiger partial charge in [0.05, 0.1) is 18.9 Å². The maximum absolute atomic E-state index is 12.5. The van der Waals surface area contributed by atoms with Gasteiger partial charge in [-0.05, 0) is 19.9 Å². The van der Waals surface area contributed by atoms with E-state index in [1.165, 1.54) is 0 Å². The number of carbonyl (C=O) groups is 1. The normalized spacial score (nSPS) is 11.0. The van der Waals surface area contributed by atoms with Crippen molar-refractivity contribution in [2.75, 3.05) is 39.1 Å². The first kappa shape index (κ1) is 15.5. The lowest BCUT2D eigenvalue weighted by Gasteiger charge is -2.23. The van der Waals surface area contributed by atoms with Gasteiger partial charge in [0, 0.05) is 32.4 Å². The molecule has 0 aliphatic heterocycles. The summed E-state index contributed by atoms with van der Waals surface area (Å²) in [5.41, 5.74) is 6.87. The quantitative estimate of drug-likeness (QED) is 0.764. The highest BCUT2D eigenvalue weighted by Gasteiger charge is 2.20. The fourth-order valence-corrected chi connectivity index (χ4v) is 1.90. The van der Waals surface area contributed by atoms with Crippen LogP contribution in [0.4, 0.5) is 5.69 Å². The number of aromatic nitrogens is 1. The van der Waals surface area contributed by atoms with Gasteiger partial charge in [0.2, 0.25) is 0 Å². The van der Waals surface area contributed by atoms with E-state index in [9.17, 15) is 4.79 Å². The number of hydrogen-bond acceptors (Lipinski definition) is 4. The number of aliphatic hydroxyl groups excluding tert-OH is 1. The molecule has 3 N–H and O–H groups in total. The van der Waals surface area contributed by atoms with Gasteiger partial charge in [-0.2, -0.15) is 0 Å². The third-order valence-electron chi connectivity index (χ3n) is 2.87. The van der Waals surface area contributed by atoms with Crippen LogP contribution < -0.4 is 5.73 Å². The largest absolute Gasteiger partial charge is 0.397 e. The molecule has 19 heavy (non-hydrogen) atoms. The predicted molar refractivity (Wildman–Crippen MR) is 74.1 cm³/mol. The molecule has 0 spiro atoms. The van der Waals surface area contributed by atoms with Crippen molar-refractivity contribution < 1.29 is 14.6 Å². The van der Waals surface area contributed by atoms with E-state index in [1.54, 1.807) is 24.3 Å². The van der Waals surface area contributed by atoms with Crippen molar-refractivity contribution in [1.82, 2.24) is 9.47 Å². The number of nitrogens with two attached hydrogens (primary N) is 1. The number of nitrogen functional groups attached to an aromatic ring is 1. The summed E-state index contributed by atoms with van der Waals surface area (Å²) in [5.74, 6) is -0.142. The molecule has 0 bridgehead atoms. The second kappa shape index (κ2) is 7.16. The van der Waals surface area contributed by atoms with E-state index < -0.39 is 0 Å². The van der Waals surface area contributed by atoms with Crippen LogP contribution in [0.15, 0.2) is 12.3 Å². The lowest BCUT2D eigenvalue weighted by Crippen LogP contribution is -2.37. The van der Waals surface area contributed by atoms with Crippen LogP contribution in [0.2, 0.25) is 0 Å². The SMILES string of the molecule is COCCN(CCO)C(=O)c1cc(N)cn1C(C)C. The molecule has 108 valence electrons. The molecule has 0 saturated heterocycles. The third kappa shape index (κ3) is 3.97. The average Bonchev–Trinajstić information content (AvgIpc) is 2.76. The number of ether oxygens (including phenoxy) is 1. The number of nitrogens with zero attached hydrogens (tertiary/aromatic N) is 2. The van der Waals surface area contributed by atoms with Gasteiger partial charge in [-0.15, -0.1) is 0 Å². The number of anilines is 1. The van der Waals surface area contributed by atoms with E-state index >= 15 is 0 Å². The number of carbonyl (C=O) groups excluding carboxylic acids is 1. The van der Waals surface area contributed by atoms with Crippen molar-refractivity contribution in [3.63, 3.8) is 0 Å². The Hall–Kier alpha value is -1.53. The summed E-state index contributed by atoms with van der Waals surface area (Å²) in [7, 11) is 1.58. The summed E-state index contributed by atoms with van der Waals surface area (Å²) in [4.78, 5) is 14.0. The summed E-state index contributed by atoms with van der Waals surface area (Å²) >= 11 is 0. The molecule has 6 nitrogen and oxygen atoms in total. The van der Waals surface area contributed by atoms with Crippen molar-refractivity contribution >= 4 is 11.6 Å². The molecule has 0 aliphatic rings. The zero-order chi connectivity index (χ0) is 14.4. The van der Waals surface area contributed by atoms with Crippen molar-refractivity contribution in [1.29, 1.82) is 0 Å².